The molecular weight excluding hydrogens is 298 g/mol. The number of rotatable bonds is 4. The van der Waals surface area contributed by atoms with Crippen LogP contribution >= 0.6 is 11.6 Å². The zero-order valence-electron chi connectivity index (χ0n) is 12.9. The van der Waals surface area contributed by atoms with Crippen molar-refractivity contribution >= 4 is 23.2 Å². The number of aromatic nitrogens is 2. The van der Waals surface area contributed by atoms with Gasteiger partial charge in [-0.25, -0.2) is 4.98 Å². The van der Waals surface area contributed by atoms with Crippen molar-refractivity contribution in [2.75, 3.05) is 11.2 Å². The molecule has 1 N–H and O–H groups in total. The van der Waals surface area contributed by atoms with Crippen molar-refractivity contribution in [3.05, 3.63) is 36.3 Å². The van der Waals surface area contributed by atoms with Crippen LogP contribution in [0.1, 0.15) is 26.1 Å². The molecule has 0 saturated carbocycles. The first-order valence-electron chi connectivity index (χ1n) is 7.53. The third-order valence-corrected chi connectivity index (χ3v) is 4.75. The van der Waals surface area contributed by atoms with Gasteiger partial charge in [-0.3, -0.25) is 4.79 Å². The monoisotopic (exact) mass is 317 g/mol. The molecule has 2 heterocycles. The van der Waals surface area contributed by atoms with Gasteiger partial charge in [0.1, 0.15) is 5.82 Å². The van der Waals surface area contributed by atoms with Crippen LogP contribution in [-0.2, 0) is 17.8 Å². The van der Waals surface area contributed by atoms with Gasteiger partial charge in [0.05, 0.1) is 17.3 Å². The normalized spacial score (nSPS) is 14.0. The first-order valence-corrected chi connectivity index (χ1v) is 8.07. The predicted octanol–water partition coefficient (Wildman–Crippen LogP) is 3.70. The van der Waals surface area contributed by atoms with E-state index in [0.717, 1.165) is 42.2 Å². The van der Waals surface area contributed by atoms with Gasteiger partial charge in [0.25, 0.3) is 0 Å². The molecule has 5 heteroatoms. The van der Waals surface area contributed by atoms with Crippen molar-refractivity contribution in [2.45, 2.75) is 33.2 Å². The van der Waals surface area contributed by atoms with E-state index in [2.05, 4.69) is 14.9 Å². The lowest BCUT2D eigenvalue weighted by atomic mass is 9.95. The second-order valence-corrected chi connectivity index (χ2v) is 6.63. The Morgan fingerprint density at radius 2 is 2.27 bits per heavy atom. The molecule has 2 aromatic rings. The third kappa shape index (κ3) is 2.75. The summed E-state index contributed by atoms with van der Waals surface area (Å²) in [5.41, 5.74) is 2.38. The molecule has 0 fully saturated rings. The summed E-state index contributed by atoms with van der Waals surface area (Å²) >= 11 is 5.86. The number of imidazole rings is 1. The van der Waals surface area contributed by atoms with E-state index in [1.807, 2.05) is 44.3 Å². The lowest BCUT2D eigenvalue weighted by molar-refractivity contribution is -0.122. The van der Waals surface area contributed by atoms with Crippen LogP contribution in [0.5, 0.6) is 0 Å². The number of amides is 1. The maximum Gasteiger partial charge on any atom is 0.231 e. The van der Waals surface area contributed by atoms with Crippen LogP contribution < -0.4 is 5.32 Å². The van der Waals surface area contributed by atoms with Crippen LogP contribution in [0.3, 0.4) is 0 Å². The number of nitrogens with one attached hydrogen (secondary N) is 1. The van der Waals surface area contributed by atoms with Gasteiger partial charge in [-0.2, -0.15) is 0 Å². The molecule has 0 atom stereocenters. The maximum atomic E-state index is 12.2. The highest BCUT2D eigenvalue weighted by Crippen LogP contribution is 2.28. The number of alkyl halides is 1. The minimum absolute atomic E-state index is 0.0711. The number of nitrogens with zero attached hydrogens (tertiary/aromatic N) is 2. The van der Waals surface area contributed by atoms with Gasteiger partial charge < -0.3 is 9.88 Å². The van der Waals surface area contributed by atoms with Crippen molar-refractivity contribution in [3.8, 4) is 11.3 Å². The van der Waals surface area contributed by atoms with Crippen molar-refractivity contribution in [1.82, 2.24) is 9.55 Å². The molecule has 116 valence electrons. The van der Waals surface area contributed by atoms with Gasteiger partial charge in [-0.15, -0.1) is 11.6 Å². The number of aryl methyl sites for hydroxylation is 1. The lowest BCUT2D eigenvalue weighted by Crippen LogP contribution is -2.32. The minimum atomic E-state index is -0.588. The first kappa shape index (κ1) is 15.1. The molecule has 0 unspecified atom stereocenters. The molecule has 1 aliphatic heterocycles. The Labute approximate surface area is 135 Å². The van der Waals surface area contributed by atoms with Crippen LogP contribution in [0.4, 0.5) is 5.69 Å². The number of anilines is 1. The van der Waals surface area contributed by atoms with Crippen LogP contribution in [0.15, 0.2) is 30.5 Å². The smallest absolute Gasteiger partial charge is 0.231 e. The quantitative estimate of drug-likeness (QED) is 0.874. The minimum Gasteiger partial charge on any atom is -0.328 e. The Morgan fingerprint density at radius 3 is 3.05 bits per heavy atom. The lowest BCUT2D eigenvalue weighted by Gasteiger charge is -2.20. The molecule has 4 nitrogen and oxygen atoms in total. The molecule has 1 aliphatic rings. The number of fused-ring (bicyclic) bond motifs is 1. The number of halogens is 1. The van der Waals surface area contributed by atoms with Crippen LogP contribution in [0.2, 0.25) is 0 Å². The maximum absolute atomic E-state index is 12.2. The van der Waals surface area contributed by atoms with E-state index in [4.69, 9.17) is 11.6 Å². The Hall–Kier alpha value is -1.81. The van der Waals surface area contributed by atoms with Gasteiger partial charge in [-0.1, -0.05) is 12.1 Å². The van der Waals surface area contributed by atoms with Gasteiger partial charge in [0.2, 0.25) is 5.91 Å². The molecule has 1 aromatic carbocycles. The fourth-order valence-electron chi connectivity index (χ4n) is 2.61. The Balaban J connectivity index is 1.86. The van der Waals surface area contributed by atoms with E-state index in [9.17, 15) is 4.79 Å². The van der Waals surface area contributed by atoms with Gasteiger partial charge in [0, 0.05) is 30.1 Å². The van der Waals surface area contributed by atoms with E-state index in [1.165, 1.54) is 0 Å². The molecule has 0 aliphatic carbocycles. The largest absolute Gasteiger partial charge is 0.328 e. The summed E-state index contributed by atoms with van der Waals surface area (Å²) in [5, 5.41) is 2.95. The summed E-state index contributed by atoms with van der Waals surface area (Å²) < 4.78 is 2.25. The van der Waals surface area contributed by atoms with Gasteiger partial charge in [-0.05, 0) is 32.4 Å². The molecular formula is C17H20ClN3O. The summed E-state index contributed by atoms with van der Waals surface area (Å²) in [4.78, 5) is 16.7. The van der Waals surface area contributed by atoms with E-state index in [-0.39, 0.29) is 11.8 Å². The molecule has 0 spiro atoms. The van der Waals surface area contributed by atoms with E-state index < -0.39 is 5.41 Å². The van der Waals surface area contributed by atoms with Crippen molar-refractivity contribution in [2.24, 2.45) is 5.41 Å². The average Bonchev–Trinajstić information content (AvgIpc) is 3.10. The van der Waals surface area contributed by atoms with Crippen LogP contribution in [-0.4, -0.2) is 21.3 Å². The van der Waals surface area contributed by atoms with E-state index >= 15 is 0 Å². The number of benzene rings is 1. The number of carbonyl (C=O) groups excluding carboxylic acids is 1. The highest BCUT2D eigenvalue weighted by Gasteiger charge is 2.26. The number of carbonyl (C=O) groups is 1. The third-order valence-electron chi connectivity index (χ3n) is 4.09. The molecule has 0 saturated heterocycles. The van der Waals surface area contributed by atoms with E-state index in [1.54, 1.807) is 0 Å². The molecule has 0 radical (unpaired) electrons. The zero-order valence-corrected chi connectivity index (χ0v) is 13.7. The van der Waals surface area contributed by atoms with Crippen LogP contribution in [0, 0.1) is 5.41 Å². The molecule has 1 aromatic heterocycles. The second-order valence-electron chi connectivity index (χ2n) is 6.37. The summed E-state index contributed by atoms with van der Waals surface area (Å²) in [6.07, 6.45) is 4.11. The first-order chi connectivity index (χ1) is 10.5. The number of hydrogen-bond donors (Lipinski definition) is 1. The summed E-state index contributed by atoms with van der Waals surface area (Å²) in [6.45, 7) is 4.69. The van der Waals surface area contributed by atoms with Crippen molar-refractivity contribution < 1.29 is 4.79 Å². The molecule has 0 bridgehead atoms. The summed E-state index contributed by atoms with van der Waals surface area (Å²) in [7, 11) is 0. The number of hydrogen-bond acceptors (Lipinski definition) is 2. The van der Waals surface area contributed by atoms with Gasteiger partial charge >= 0.3 is 0 Å². The standard InChI is InChI=1S/C17H20ClN3O/c1-17(2,11-18)16(22)20-13-6-3-5-12(9-13)14-10-19-15-7-4-8-21(14)15/h3,5-6,9-10H,4,7-8,11H2,1-2H3,(H,20,22). The molecule has 22 heavy (non-hydrogen) atoms. The predicted molar refractivity (Wildman–Crippen MR) is 89.1 cm³/mol. The molecule has 3 rings (SSSR count). The SMILES string of the molecule is CC(C)(CCl)C(=O)Nc1cccc(-c2cnc3n2CCC3)c1. The fourth-order valence-corrected chi connectivity index (χ4v) is 2.73. The fraction of sp³-hybridized carbons (Fsp3) is 0.412. The Kier molecular flexibility index (Phi) is 3.96. The van der Waals surface area contributed by atoms with Crippen LogP contribution in [0.25, 0.3) is 11.3 Å². The summed E-state index contributed by atoms with van der Waals surface area (Å²) in [6, 6.07) is 7.89. The molecule has 1 amide bonds. The highest BCUT2D eigenvalue weighted by molar-refractivity contribution is 6.20. The Morgan fingerprint density at radius 1 is 1.45 bits per heavy atom. The summed E-state index contributed by atoms with van der Waals surface area (Å²) in [5.74, 6) is 1.36. The topological polar surface area (TPSA) is 46.9 Å². The van der Waals surface area contributed by atoms with E-state index in [0.29, 0.717) is 0 Å². The van der Waals surface area contributed by atoms with Gasteiger partial charge in [0.15, 0.2) is 0 Å². The van der Waals surface area contributed by atoms with Crippen molar-refractivity contribution in [3.63, 3.8) is 0 Å². The Bertz CT molecular complexity index is 706. The highest BCUT2D eigenvalue weighted by atomic mass is 35.5. The zero-order chi connectivity index (χ0) is 15.7. The van der Waals surface area contributed by atoms with Crippen molar-refractivity contribution in [1.29, 1.82) is 0 Å². The average molecular weight is 318 g/mol. The second kappa shape index (κ2) is 5.76.